The molecule has 6 nitrogen and oxygen atoms in total. The van der Waals surface area contributed by atoms with Gasteiger partial charge >= 0.3 is 0 Å². The first-order chi connectivity index (χ1) is 16.6. The summed E-state index contributed by atoms with van der Waals surface area (Å²) >= 11 is 0. The maximum absolute atomic E-state index is 13.8. The summed E-state index contributed by atoms with van der Waals surface area (Å²) in [6, 6.07) is 18.8. The van der Waals surface area contributed by atoms with Gasteiger partial charge in [0.15, 0.2) is 0 Å². The first-order valence-electron chi connectivity index (χ1n) is 11.6. The van der Waals surface area contributed by atoms with Gasteiger partial charge in [-0.3, -0.25) is 14.6 Å². The van der Waals surface area contributed by atoms with Crippen LogP contribution in [-0.4, -0.2) is 41.9 Å². The topological polar surface area (TPSA) is 62.7 Å². The van der Waals surface area contributed by atoms with E-state index in [1.807, 2.05) is 72.5 Å². The minimum Gasteiger partial charge on any atom is -0.497 e. The van der Waals surface area contributed by atoms with Crippen LogP contribution in [-0.2, 0) is 22.4 Å². The van der Waals surface area contributed by atoms with Gasteiger partial charge in [-0.2, -0.15) is 0 Å². The fraction of sp³-hybridized carbons (Fsp3) is 0.250. The lowest BCUT2D eigenvalue weighted by atomic mass is 10.0. The van der Waals surface area contributed by atoms with Gasteiger partial charge in [0.1, 0.15) is 11.4 Å². The minimum absolute atomic E-state index is 0.295. The van der Waals surface area contributed by atoms with Crippen LogP contribution in [0.3, 0.4) is 0 Å². The van der Waals surface area contributed by atoms with E-state index in [0.29, 0.717) is 41.4 Å². The van der Waals surface area contributed by atoms with E-state index in [1.165, 1.54) is 4.90 Å². The Morgan fingerprint density at radius 1 is 0.853 bits per heavy atom. The van der Waals surface area contributed by atoms with Crippen LogP contribution in [0.5, 0.6) is 5.75 Å². The highest BCUT2D eigenvalue weighted by Crippen LogP contribution is 2.35. The van der Waals surface area contributed by atoms with Crippen molar-refractivity contribution in [1.82, 2.24) is 9.88 Å². The number of benzene rings is 2. The summed E-state index contributed by atoms with van der Waals surface area (Å²) < 4.78 is 5.28. The first kappa shape index (κ1) is 23.2. The van der Waals surface area contributed by atoms with Gasteiger partial charge in [-0.15, -0.1) is 0 Å². The molecule has 0 atom stereocenters. The third-order valence-electron chi connectivity index (χ3n) is 6.16. The lowest BCUT2D eigenvalue weighted by Gasteiger charge is -2.25. The number of methoxy groups -OCH3 is 1. The molecule has 6 heteroatoms. The van der Waals surface area contributed by atoms with Crippen LogP contribution in [0.4, 0.5) is 5.69 Å². The van der Waals surface area contributed by atoms with E-state index in [2.05, 4.69) is 11.9 Å². The molecule has 2 amide bonds. The van der Waals surface area contributed by atoms with Crippen molar-refractivity contribution in [2.75, 3.05) is 25.1 Å². The molecule has 34 heavy (non-hydrogen) atoms. The molecule has 0 bridgehead atoms. The van der Waals surface area contributed by atoms with Gasteiger partial charge in [-0.1, -0.05) is 31.2 Å². The summed E-state index contributed by atoms with van der Waals surface area (Å²) in [4.78, 5) is 34.8. The van der Waals surface area contributed by atoms with E-state index >= 15 is 0 Å². The molecule has 3 aromatic rings. The summed E-state index contributed by atoms with van der Waals surface area (Å²) in [7, 11) is 1.60. The molecular weight excluding hydrogens is 426 g/mol. The molecule has 0 saturated carbocycles. The molecule has 1 aliphatic heterocycles. The predicted molar refractivity (Wildman–Crippen MR) is 133 cm³/mol. The second kappa shape index (κ2) is 10.3. The number of likely N-dealkylation sites (N-methyl/N-ethyl adjacent to an activating group) is 1. The third kappa shape index (κ3) is 4.57. The fourth-order valence-corrected chi connectivity index (χ4v) is 4.19. The van der Waals surface area contributed by atoms with Crippen molar-refractivity contribution in [3.05, 3.63) is 95.4 Å². The molecule has 1 aromatic heterocycles. The smallest absolute Gasteiger partial charge is 0.282 e. The number of ether oxygens (including phenoxy) is 1. The number of anilines is 1. The van der Waals surface area contributed by atoms with Crippen molar-refractivity contribution in [2.24, 2.45) is 0 Å². The lowest BCUT2D eigenvalue weighted by Crippen LogP contribution is -2.36. The molecule has 4 rings (SSSR count). The Bertz CT molecular complexity index is 1190. The highest BCUT2D eigenvalue weighted by molar-refractivity contribution is 6.45. The van der Waals surface area contributed by atoms with E-state index in [1.54, 1.807) is 19.5 Å². The molecule has 2 heterocycles. The third-order valence-corrected chi connectivity index (χ3v) is 6.16. The number of hydrogen-bond donors (Lipinski definition) is 0. The van der Waals surface area contributed by atoms with Crippen LogP contribution in [0, 0.1) is 0 Å². The number of hydrogen-bond acceptors (Lipinski definition) is 5. The number of rotatable bonds is 9. The monoisotopic (exact) mass is 455 g/mol. The fourth-order valence-electron chi connectivity index (χ4n) is 4.19. The Morgan fingerprint density at radius 2 is 1.53 bits per heavy atom. The van der Waals surface area contributed by atoms with E-state index in [4.69, 9.17) is 4.74 Å². The molecule has 0 N–H and O–H groups in total. The number of pyridine rings is 1. The largest absolute Gasteiger partial charge is 0.497 e. The number of aryl methyl sites for hydroxylation is 1. The highest BCUT2D eigenvalue weighted by atomic mass is 16.5. The average molecular weight is 456 g/mol. The summed E-state index contributed by atoms with van der Waals surface area (Å²) in [5, 5.41) is 0. The van der Waals surface area contributed by atoms with Gasteiger partial charge in [0.2, 0.25) is 0 Å². The molecule has 0 unspecified atom stereocenters. The summed E-state index contributed by atoms with van der Waals surface area (Å²) in [5.74, 6) is 0.0909. The Balaban J connectivity index is 1.74. The number of amides is 2. The zero-order chi connectivity index (χ0) is 24.1. The highest BCUT2D eigenvalue weighted by Gasteiger charge is 2.42. The molecular formula is C28H29N3O3. The average Bonchev–Trinajstić information content (AvgIpc) is 3.15. The van der Waals surface area contributed by atoms with Crippen molar-refractivity contribution in [3.63, 3.8) is 0 Å². The molecule has 1 aliphatic rings. The van der Waals surface area contributed by atoms with E-state index in [9.17, 15) is 9.59 Å². The van der Waals surface area contributed by atoms with E-state index in [-0.39, 0.29) is 11.8 Å². The Kier molecular flexibility index (Phi) is 7.07. The van der Waals surface area contributed by atoms with Crippen molar-refractivity contribution in [2.45, 2.75) is 26.7 Å². The van der Waals surface area contributed by atoms with Gasteiger partial charge in [-0.05, 0) is 72.9 Å². The van der Waals surface area contributed by atoms with E-state index in [0.717, 1.165) is 24.0 Å². The van der Waals surface area contributed by atoms with Crippen molar-refractivity contribution < 1.29 is 14.3 Å². The molecule has 0 aliphatic carbocycles. The molecule has 0 saturated heterocycles. The Labute approximate surface area is 200 Å². The maximum atomic E-state index is 13.8. The molecule has 2 aromatic carbocycles. The van der Waals surface area contributed by atoms with Crippen molar-refractivity contribution in [1.29, 1.82) is 0 Å². The first-order valence-corrected chi connectivity index (χ1v) is 11.6. The lowest BCUT2D eigenvalue weighted by molar-refractivity contribution is -0.120. The second-order valence-corrected chi connectivity index (χ2v) is 8.10. The predicted octanol–water partition coefficient (Wildman–Crippen LogP) is 4.50. The molecule has 0 fully saturated rings. The number of carbonyl (C=O) groups excluding carboxylic acids is 2. The number of imide groups is 1. The number of nitrogens with zero attached hydrogens (tertiary/aromatic N) is 3. The zero-order valence-electron chi connectivity index (χ0n) is 19.8. The van der Waals surface area contributed by atoms with Crippen LogP contribution in [0.15, 0.2) is 78.8 Å². The Hall–Kier alpha value is -3.93. The number of aromatic nitrogens is 1. The Morgan fingerprint density at radius 3 is 2.12 bits per heavy atom. The van der Waals surface area contributed by atoms with Crippen LogP contribution in [0.25, 0.3) is 5.57 Å². The molecule has 0 spiro atoms. The van der Waals surface area contributed by atoms with Crippen LogP contribution in [0.1, 0.15) is 30.5 Å². The van der Waals surface area contributed by atoms with Crippen LogP contribution in [0.2, 0.25) is 0 Å². The van der Waals surface area contributed by atoms with Gasteiger partial charge in [0.05, 0.1) is 18.4 Å². The summed E-state index contributed by atoms with van der Waals surface area (Å²) in [6.45, 7) is 5.28. The van der Waals surface area contributed by atoms with Crippen molar-refractivity contribution >= 4 is 23.1 Å². The SMILES string of the molecule is CCc1ccc(N2C(=O)C(c3ccc(OC)cc3)=C(N(CC)CCc3ccncc3)C2=O)cc1. The molecule has 0 radical (unpaired) electrons. The van der Waals surface area contributed by atoms with Gasteiger partial charge in [-0.25, -0.2) is 4.90 Å². The van der Waals surface area contributed by atoms with Crippen LogP contribution < -0.4 is 9.64 Å². The van der Waals surface area contributed by atoms with E-state index < -0.39 is 0 Å². The minimum atomic E-state index is -0.309. The summed E-state index contributed by atoms with van der Waals surface area (Å²) in [6.07, 6.45) is 5.16. The van der Waals surface area contributed by atoms with Crippen LogP contribution >= 0.6 is 0 Å². The van der Waals surface area contributed by atoms with Gasteiger partial charge in [0.25, 0.3) is 11.8 Å². The summed E-state index contributed by atoms with van der Waals surface area (Å²) in [5.41, 5.74) is 4.42. The zero-order valence-corrected chi connectivity index (χ0v) is 19.8. The standard InChI is InChI=1S/C28H29N3O3/c1-4-20-6-10-23(11-7-20)31-27(32)25(22-8-12-24(34-3)13-9-22)26(28(31)33)30(5-2)19-16-21-14-17-29-18-15-21/h6-15,17-18H,4-5,16,19H2,1-3H3. The van der Waals surface area contributed by atoms with Gasteiger partial charge < -0.3 is 9.64 Å². The normalized spacial score (nSPS) is 13.6. The second-order valence-electron chi connectivity index (χ2n) is 8.10. The number of carbonyl (C=O) groups is 2. The van der Waals surface area contributed by atoms with Gasteiger partial charge in [0, 0.05) is 25.5 Å². The quantitative estimate of drug-likeness (QED) is 0.445. The van der Waals surface area contributed by atoms with Crippen molar-refractivity contribution in [3.8, 4) is 5.75 Å². The maximum Gasteiger partial charge on any atom is 0.282 e. The molecule has 174 valence electrons.